The predicted octanol–water partition coefficient (Wildman–Crippen LogP) is 3.79. The number of nitrogens with two attached hydrogens (primary N) is 1. The lowest BCUT2D eigenvalue weighted by Gasteiger charge is -2.38. The molecule has 112 valence electrons. The average molecular weight is 286 g/mol. The minimum absolute atomic E-state index is 0.0955. The Labute approximate surface area is 117 Å². The van der Waals surface area contributed by atoms with Crippen LogP contribution in [0.15, 0.2) is 18.2 Å². The molecule has 1 aliphatic rings. The highest BCUT2D eigenvalue weighted by Crippen LogP contribution is 2.36. The molecule has 0 radical (unpaired) electrons. The molecule has 5 heteroatoms. The number of halogens is 3. The number of benzene rings is 1. The molecule has 2 rings (SSSR count). The summed E-state index contributed by atoms with van der Waals surface area (Å²) in [5.41, 5.74) is 5.60. The van der Waals surface area contributed by atoms with Gasteiger partial charge in [-0.15, -0.1) is 0 Å². The first-order valence-corrected chi connectivity index (χ1v) is 6.99. The molecule has 1 saturated heterocycles. The van der Waals surface area contributed by atoms with E-state index >= 15 is 0 Å². The average Bonchev–Trinajstić information content (AvgIpc) is 2.37. The zero-order chi connectivity index (χ0) is 14.9. The maximum atomic E-state index is 13.1. The largest absolute Gasteiger partial charge is 0.416 e. The van der Waals surface area contributed by atoms with E-state index < -0.39 is 11.7 Å². The molecular formula is C15H21F3N2. The molecular weight excluding hydrogens is 265 g/mol. The fourth-order valence-corrected chi connectivity index (χ4v) is 2.98. The lowest BCUT2D eigenvalue weighted by molar-refractivity contribution is -0.138. The third kappa shape index (κ3) is 3.08. The molecule has 0 aromatic heterocycles. The van der Waals surface area contributed by atoms with Crippen LogP contribution in [0.2, 0.25) is 0 Å². The first-order chi connectivity index (χ1) is 9.32. The lowest BCUT2D eigenvalue weighted by Crippen LogP contribution is -2.40. The number of hydrogen-bond donors (Lipinski definition) is 1. The van der Waals surface area contributed by atoms with Crippen molar-refractivity contribution >= 4 is 5.69 Å². The van der Waals surface area contributed by atoms with Crippen molar-refractivity contribution in [2.45, 2.75) is 45.5 Å². The third-order valence-corrected chi connectivity index (χ3v) is 4.09. The molecule has 20 heavy (non-hydrogen) atoms. The van der Waals surface area contributed by atoms with Gasteiger partial charge in [0.2, 0.25) is 0 Å². The van der Waals surface area contributed by atoms with Crippen LogP contribution in [-0.2, 0) is 12.7 Å². The minimum atomic E-state index is -4.35. The summed E-state index contributed by atoms with van der Waals surface area (Å²) in [6.45, 7) is 4.97. The van der Waals surface area contributed by atoms with Gasteiger partial charge in [0.25, 0.3) is 0 Å². The second-order valence-electron chi connectivity index (χ2n) is 5.72. The Balaban J connectivity index is 2.34. The number of anilines is 1. The third-order valence-electron chi connectivity index (χ3n) is 4.09. The van der Waals surface area contributed by atoms with Crippen LogP contribution in [-0.4, -0.2) is 12.6 Å². The highest BCUT2D eigenvalue weighted by atomic mass is 19.4. The number of rotatable bonds is 2. The van der Waals surface area contributed by atoms with Crippen LogP contribution in [0.25, 0.3) is 0 Å². The van der Waals surface area contributed by atoms with Crippen molar-refractivity contribution in [3.63, 3.8) is 0 Å². The molecule has 2 atom stereocenters. The van der Waals surface area contributed by atoms with E-state index in [2.05, 4.69) is 18.7 Å². The summed E-state index contributed by atoms with van der Waals surface area (Å²) in [7, 11) is 0. The van der Waals surface area contributed by atoms with Crippen molar-refractivity contribution < 1.29 is 13.2 Å². The van der Waals surface area contributed by atoms with Crippen LogP contribution in [0.4, 0.5) is 18.9 Å². The summed E-state index contributed by atoms with van der Waals surface area (Å²) in [5.74, 6) is 0.631. The number of piperidine rings is 1. The Morgan fingerprint density at radius 2 is 2.00 bits per heavy atom. The van der Waals surface area contributed by atoms with Crippen LogP contribution < -0.4 is 10.6 Å². The predicted molar refractivity (Wildman–Crippen MR) is 74.5 cm³/mol. The maximum Gasteiger partial charge on any atom is 0.416 e. The Morgan fingerprint density at radius 1 is 1.30 bits per heavy atom. The van der Waals surface area contributed by atoms with Crippen molar-refractivity contribution in [1.82, 2.24) is 0 Å². The highest BCUT2D eigenvalue weighted by molar-refractivity contribution is 5.53. The van der Waals surface area contributed by atoms with Gasteiger partial charge >= 0.3 is 6.18 Å². The maximum absolute atomic E-state index is 13.1. The van der Waals surface area contributed by atoms with Crippen molar-refractivity contribution in [3.05, 3.63) is 29.3 Å². The molecule has 0 aliphatic carbocycles. The Bertz CT molecular complexity index is 471. The first kappa shape index (κ1) is 15.2. The molecule has 1 aromatic carbocycles. The van der Waals surface area contributed by atoms with Gasteiger partial charge < -0.3 is 10.6 Å². The molecule has 0 bridgehead atoms. The highest BCUT2D eigenvalue weighted by Gasteiger charge is 2.34. The monoisotopic (exact) mass is 286 g/mol. The van der Waals surface area contributed by atoms with Gasteiger partial charge in [-0.25, -0.2) is 0 Å². The number of nitrogens with zero attached hydrogens (tertiary/aromatic N) is 1. The Hall–Kier alpha value is -1.23. The summed E-state index contributed by atoms with van der Waals surface area (Å²) < 4.78 is 39.2. The quantitative estimate of drug-likeness (QED) is 0.896. The summed E-state index contributed by atoms with van der Waals surface area (Å²) in [6, 6.07) is 4.77. The van der Waals surface area contributed by atoms with Crippen LogP contribution in [0, 0.1) is 5.92 Å². The van der Waals surface area contributed by atoms with Crippen molar-refractivity contribution in [1.29, 1.82) is 0 Å². The van der Waals surface area contributed by atoms with Crippen LogP contribution in [0.3, 0.4) is 0 Å². The molecule has 2 N–H and O–H groups in total. The van der Waals surface area contributed by atoms with E-state index in [0.29, 0.717) is 11.6 Å². The van der Waals surface area contributed by atoms with Gasteiger partial charge in [-0.2, -0.15) is 13.2 Å². The van der Waals surface area contributed by atoms with Gasteiger partial charge in [-0.1, -0.05) is 13.0 Å². The number of hydrogen-bond acceptors (Lipinski definition) is 2. The Kier molecular flexibility index (Phi) is 4.28. The van der Waals surface area contributed by atoms with Crippen LogP contribution in [0.1, 0.15) is 37.8 Å². The van der Waals surface area contributed by atoms with E-state index in [9.17, 15) is 13.2 Å². The van der Waals surface area contributed by atoms with E-state index in [1.807, 2.05) is 0 Å². The molecule has 2 unspecified atom stereocenters. The minimum Gasteiger partial charge on any atom is -0.369 e. The summed E-state index contributed by atoms with van der Waals surface area (Å²) >= 11 is 0. The van der Waals surface area contributed by atoms with Crippen molar-refractivity contribution in [2.75, 3.05) is 11.4 Å². The first-order valence-electron chi connectivity index (χ1n) is 6.99. The van der Waals surface area contributed by atoms with Crippen molar-refractivity contribution in [3.8, 4) is 0 Å². The smallest absolute Gasteiger partial charge is 0.369 e. The van der Waals surface area contributed by atoms with Gasteiger partial charge in [0, 0.05) is 24.8 Å². The van der Waals surface area contributed by atoms with E-state index in [-0.39, 0.29) is 18.2 Å². The van der Waals surface area contributed by atoms with E-state index in [1.54, 1.807) is 6.07 Å². The number of alkyl halides is 3. The molecule has 1 heterocycles. The van der Waals surface area contributed by atoms with Crippen molar-refractivity contribution in [2.24, 2.45) is 11.7 Å². The lowest BCUT2D eigenvalue weighted by atomic mass is 9.92. The molecule has 1 aliphatic heterocycles. The topological polar surface area (TPSA) is 29.3 Å². The van der Waals surface area contributed by atoms with Gasteiger partial charge in [0.05, 0.1) is 5.56 Å². The van der Waals surface area contributed by atoms with E-state index in [0.717, 1.165) is 19.4 Å². The molecule has 0 amide bonds. The second kappa shape index (κ2) is 5.64. The van der Waals surface area contributed by atoms with Gasteiger partial charge in [0.15, 0.2) is 0 Å². The van der Waals surface area contributed by atoms with Crippen LogP contribution in [0.5, 0.6) is 0 Å². The summed E-state index contributed by atoms with van der Waals surface area (Å²) in [4.78, 5) is 2.07. The second-order valence-corrected chi connectivity index (χ2v) is 5.72. The fraction of sp³-hybridized carbons (Fsp3) is 0.600. The summed E-state index contributed by atoms with van der Waals surface area (Å²) in [6.07, 6.45) is -2.32. The molecule has 1 aromatic rings. The molecule has 1 fully saturated rings. The zero-order valence-electron chi connectivity index (χ0n) is 11.9. The van der Waals surface area contributed by atoms with E-state index in [4.69, 9.17) is 5.73 Å². The molecule has 2 nitrogen and oxygen atoms in total. The summed E-state index contributed by atoms with van der Waals surface area (Å²) in [5, 5.41) is 0. The van der Waals surface area contributed by atoms with E-state index in [1.165, 1.54) is 12.1 Å². The zero-order valence-corrected chi connectivity index (χ0v) is 11.9. The van der Waals surface area contributed by atoms with Gasteiger partial charge in [-0.3, -0.25) is 0 Å². The Morgan fingerprint density at radius 3 is 2.55 bits per heavy atom. The SMILES string of the molecule is CC1CCN(c2ccc(CN)c(C(F)(F)F)c2)C(C)C1. The fourth-order valence-electron chi connectivity index (χ4n) is 2.98. The molecule has 0 spiro atoms. The normalized spacial score (nSPS) is 24.0. The standard InChI is InChI=1S/C15H21F3N2/c1-10-5-6-20(11(2)7-10)13-4-3-12(9-19)14(8-13)15(16,17)18/h3-4,8,10-11H,5-7,9,19H2,1-2H3. The molecule has 0 saturated carbocycles. The van der Waals surface area contributed by atoms with Crippen LogP contribution >= 0.6 is 0 Å². The van der Waals surface area contributed by atoms with Gasteiger partial charge in [0.1, 0.15) is 0 Å². The van der Waals surface area contributed by atoms with Gasteiger partial charge in [-0.05, 0) is 43.4 Å².